The summed E-state index contributed by atoms with van der Waals surface area (Å²) in [5.41, 5.74) is 0.977. The van der Waals surface area contributed by atoms with Crippen molar-refractivity contribution in [2.45, 2.75) is 6.92 Å². The molecule has 1 N–H and O–H groups in total. The highest BCUT2D eigenvalue weighted by Crippen LogP contribution is 2.15. The van der Waals surface area contributed by atoms with Crippen LogP contribution >= 0.6 is 15.9 Å². The van der Waals surface area contributed by atoms with Gasteiger partial charge < -0.3 is 14.8 Å². The zero-order chi connectivity index (χ0) is 11.8. The summed E-state index contributed by atoms with van der Waals surface area (Å²) < 4.78 is 11.2. The maximum atomic E-state index is 5.33. The minimum atomic E-state index is 0.630. The van der Waals surface area contributed by atoms with Gasteiger partial charge in [-0.05, 0) is 35.0 Å². The summed E-state index contributed by atoms with van der Waals surface area (Å²) in [7, 11) is 1.66. The molecule has 90 valence electrons. The molecule has 1 heterocycles. The smallest absolute Gasteiger partial charge is 0.126 e. The van der Waals surface area contributed by atoms with Crippen LogP contribution in [-0.4, -0.2) is 38.5 Å². The number of hydrogen-bond acceptors (Lipinski definition) is 4. The molecule has 1 aromatic heterocycles. The molecule has 0 unspecified atom stereocenters. The number of aromatic nitrogens is 1. The lowest BCUT2D eigenvalue weighted by Crippen LogP contribution is -2.12. The van der Waals surface area contributed by atoms with Crippen molar-refractivity contribution in [1.82, 2.24) is 4.98 Å². The molecule has 1 rings (SSSR count). The Labute approximate surface area is 104 Å². The molecule has 0 aliphatic rings. The van der Waals surface area contributed by atoms with Crippen molar-refractivity contribution in [2.24, 2.45) is 0 Å². The lowest BCUT2D eigenvalue weighted by molar-refractivity contribution is 0.0759. The SMILES string of the molecule is COCCOCCNc1ccc(Br)c(C)n1. The molecule has 0 spiro atoms. The van der Waals surface area contributed by atoms with Crippen molar-refractivity contribution < 1.29 is 9.47 Å². The number of rotatable bonds is 7. The second kappa shape index (κ2) is 7.60. The van der Waals surface area contributed by atoms with Gasteiger partial charge in [0.05, 0.1) is 25.5 Å². The molecule has 0 radical (unpaired) electrons. The fourth-order valence-electron chi connectivity index (χ4n) is 1.14. The zero-order valence-corrected chi connectivity index (χ0v) is 11.2. The number of pyridine rings is 1. The van der Waals surface area contributed by atoms with E-state index in [1.165, 1.54) is 0 Å². The van der Waals surface area contributed by atoms with Gasteiger partial charge in [0.1, 0.15) is 5.82 Å². The van der Waals surface area contributed by atoms with Crippen LogP contribution in [0.3, 0.4) is 0 Å². The Balaban J connectivity index is 2.19. The van der Waals surface area contributed by atoms with E-state index in [9.17, 15) is 0 Å². The van der Waals surface area contributed by atoms with E-state index in [4.69, 9.17) is 9.47 Å². The third-order valence-corrected chi connectivity index (χ3v) is 2.84. The van der Waals surface area contributed by atoms with E-state index in [2.05, 4.69) is 26.2 Å². The number of ether oxygens (including phenoxy) is 2. The number of nitrogens with one attached hydrogen (secondary N) is 1. The van der Waals surface area contributed by atoms with E-state index in [1.54, 1.807) is 7.11 Å². The predicted molar refractivity (Wildman–Crippen MR) is 67.9 cm³/mol. The van der Waals surface area contributed by atoms with Crippen molar-refractivity contribution in [3.05, 3.63) is 22.3 Å². The lowest BCUT2D eigenvalue weighted by atomic mass is 10.4. The molecule has 0 atom stereocenters. The average Bonchev–Trinajstić information content (AvgIpc) is 2.28. The normalized spacial score (nSPS) is 10.4. The number of anilines is 1. The van der Waals surface area contributed by atoms with Crippen LogP contribution in [0.1, 0.15) is 5.69 Å². The van der Waals surface area contributed by atoms with Crippen molar-refractivity contribution in [3.8, 4) is 0 Å². The number of halogens is 1. The molecule has 0 aromatic carbocycles. The molecule has 5 heteroatoms. The Hall–Kier alpha value is -0.650. The second-order valence-electron chi connectivity index (χ2n) is 3.30. The van der Waals surface area contributed by atoms with Gasteiger partial charge in [0.25, 0.3) is 0 Å². The van der Waals surface area contributed by atoms with Crippen LogP contribution in [0, 0.1) is 6.92 Å². The topological polar surface area (TPSA) is 43.4 Å². The standard InChI is InChI=1S/C11H17BrN2O2/c1-9-10(12)3-4-11(14-9)13-5-6-16-8-7-15-2/h3-4H,5-8H2,1-2H3,(H,13,14). The highest BCUT2D eigenvalue weighted by Gasteiger charge is 1.98. The van der Waals surface area contributed by atoms with Crippen molar-refractivity contribution in [3.63, 3.8) is 0 Å². The van der Waals surface area contributed by atoms with Gasteiger partial charge in [-0.2, -0.15) is 0 Å². The van der Waals surface area contributed by atoms with Crippen LogP contribution in [0.2, 0.25) is 0 Å². The largest absolute Gasteiger partial charge is 0.382 e. The third kappa shape index (κ3) is 4.92. The summed E-state index contributed by atoms with van der Waals surface area (Å²) in [6, 6.07) is 3.92. The first-order chi connectivity index (χ1) is 7.74. The molecule has 16 heavy (non-hydrogen) atoms. The summed E-state index contributed by atoms with van der Waals surface area (Å²) in [4.78, 5) is 4.37. The average molecular weight is 289 g/mol. The van der Waals surface area contributed by atoms with Gasteiger partial charge in [-0.25, -0.2) is 4.98 Å². The molecule has 0 amide bonds. The maximum Gasteiger partial charge on any atom is 0.126 e. The summed E-state index contributed by atoms with van der Waals surface area (Å²) >= 11 is 3.41. The van der Waals surface area contributed by atoms with E-state index in [1.807, 2.05) is 19.1 Å². The van der Waals surface area contributed by atoms with Crippen LogP contribution in [0.5, 0.6) is 0 Å². The molecular weight excluding hydrogens is 272 g/mol. The molecular formula is C11H17BrN2O2. The highest BCUT2D eigenvalue weighted by molar-refractivity contribution is 9.10. The van der Waals surface area contributed by atoms with E-state index < -0.39 is 0 Å². The predicted octanol–water partition coefficient (Wildman–Crippen LogP) is 2.23. The Kier molecular flexibility index (Phi) is 6.37. The van der Waals surface area contributed by atoms with E-state index >= 15 is 0 Å². The van der Waals surface area contributed by atoms with Crippen molar-refractivity contribution in [1.29, 1.82) is 0 Å². The summed E-state index contributed by atoms with van der Waals surface area (Å²) in [6.07, 6.45) is 0. The van der Waals surface area contributed by atoms with Crippen molar-refractivity contribution >= 4 is 21.7 Å². The summed E-state index contributed by atoms with van der Waals surface area (Å²) in [5, 5.41) is 3.19. The lowest BCUT2D eigenvalue weighted by Gasteiger charge is -2.07. The molecule has 0 aliphatic heterocycles. The number of methoxy groups -OCH3 is 1. The van der Waals surface area contributed by atoms with E-state index in [-0.39, 0.29) is 0 Å². The summed E-state index contributed by atoms with van der Waals surface area (Å²) in [5.74, 6) is 0.871. The Bertz CT molecular complexity index is 321. The van der Waals surface area contributed by atoms with Gasteiger partial charge in [-0.3, -0.25) is 0 Å². The second-order valence-corrected chi connectivity index (χ2v) is 4.15. The number of nitrogens with zero attached hydrogens (tertiary/aromatic N) is 1. The molecule has 4 nitrogen and oxygen atoms in total. The highest BCUT2D eigenvalue weighted by atomic mass is 79.9. The first-order valence-corrected chi connectivity index (χ1v) is 5.97. The van der Waals surface area contributed by atoms with Crippen LogP contribution in [-0.2, 0) is 9.47 Å². The molecule has 0 fully saturated rings. The third-order valence-electron chi connectivity index (χ3n) is 2.01. The van der Waals surface area contributed by atoms with Crippen LogP contribution in [0.15, 0.2) is 16.6 Å². The van der Waals surface area contributed by atoms with Crippen LogP contribution < -0.4 is 5.32 Å². The zero-order valence-electron chi connectivity index (χ0n) is 9.62. The molecule has 0 bridgehead atoms. The molecule has 0 aliphatic carbocycles. The van der Waals surface area contributed by atoms with Gasteiger partial charge in [-0.1, -0.05) is 0 Å². The van der Waals surface area contributed by atoms with Gasteiger partial charge >= 0.3 is 0 Å². The molecule has 0 saturated carbocycles. The fourth-order valence-corrected chi connectivity index (χ4v) is 1.36. The van der Waals surface area contributed by atoms with Crippen LogP contribution in [0.4, 0.5) is 5.82 Å². The van der Waals surface area contributed by atoms with Gasteiger partial charge in [0.15, 0.2) is 0 Å². The van der Waals surface area contributed by atoms with Crippen molar-refractivity contribution in [2.75, 3.05) is 38.8 Å². The first-order valence-electron chi connectivity index (χ1n) is 5.17. The van der Waals surface area contributed by atoms with E-state index in [0.717, 1.165) is 22.5 Å². The Morgan fingerprint density at radius 2 is 2.12 bits per heavy atom. The summed E-state index contributed by atoms with van der Waals surface area (Å²) in [6.45, 7) is 4.63. The number of aryl methyl sites for hydroxylation is 1. The Morgan fingerprint density at radius 3 is 2.81 bits per heavy atom. The monoisotopic (exact) mass is 288 g/mol. The van der Waals surface area contributed by atoms with Crippen LogP contribution in [0.25, 0.3) is 0 Å². The Morgan fingerprint density at radius 1 is 1.31 bits per heavy atom. The molecule has 1 aromatic rings. The van der Waals surface area contributed by atoms with Gasteiger partial charge in [0.2, 0.25) is 0 Å². The van der Waals surface area contributed by atoms with Gasteiger partial charge in [-0.15, -0.1) is 0 Å². The first kappa shape index (κ1) is 13.4. The molecule has 0 saturated heterocycles. The number of hydrogen-bond donors (Lipinski definition) is 1. The van der Waals surface area contributed by atoms with E-state index in [0.29, 0.717) is 19.8 Å². The van der Waals surface area contributed by atoms with Gasteiger partial charge in [0, 0.05) is 18.1 Å². The maximum absolute atomic E-state index is 5.33. The minimum absolute atomic E-state index is 0.630. The quantitative estimate of drug-likeness (QED) is 0.782. The fraction of sp³-hybridized carbons (Fsp3) is 0.545. The minimum Gasteiger partial charge on any atom is -0.382 e.